The van der Waals surface area contributed by atoms with Gasteiger partial charge in [-0.3, -0.25) is 9.59 Å². The van der Waals surface area contributed by atoms with Crippen molar-refractivity contribution in [1.82, 2.24) is 0 Å². The van der Waals surface area contributed by atoms with E-state index in [0.717, 1.165) is 12.8 Å². The summed E-state index contributed by atoms with van der Waals surface area (Å²) in [4.78, 5) is 25.3. The molecule has 0 aliphatic rings. The lowest BCUT2D eigenvalue weighted by Gasteiger charge is -2.29. The van der Waals surface area contributed by atoms with Gasteiger partial charge in [0, 0.05) is 0 Å². The quantitative estimate of drug-likeness (QED) is 0.354. The average Bonchev–Trinajstić information content (AvgIpc) is 2.69. The van der Waals surface area contributed by atoms with Crippen LogP contribution in [0.2, 0.25) is 0 Å². The van der Waals surface area contributed by atoms with Crippen LogP contribution in [0.3, 0.4) is 0 Å². The second kappa shape index (κ2) is 10.1. The summed E-state index contributed by atoms with van der Waals surface area (Å²) >= 11 is 0. The Balaban J connectivity index is 2.18. The van der Waals surface area contributed by atoms with Gasteiger partial charge in [-0.15, -0.1) is 0 Å². The van der Waals surface area contributed by atoms with Crippen molar-refractivity contribution in [3.05, 3.63) is 71.3 Å². The topological polar surface area (TPSA) is 63.6 Å². The van der Waals surface area contributed by atoms with Crippen molar-refractivity contribution >= 4 is 11.9 Å². The maximum atomic E-state index is 13.0. The van der Waals surface area contributed by atoms with Gasteiger partial charge in [-0.25, -0.2) is 0 Å². The summed E-state index contributed by atoms with van der Waals surface area (Å²) in [5.41, 5.74) is 1.24. The molecule has 0 saturated heterocycles. The number of benzene rings is 2. The molecule has 2 rings (SSSR count). The van der Waals surface area contributed by atoms with Crippen molar-refractivity contribution in [3.8, 4) is 0 Å². The summed E-state index contributed by atoms with van der Waals surface area (Å²) in [5, 5.41) is 10.1. The van der Waals surface area contributed by atoms with Crippen molar-refractivity contribution in [3.63, 3.8) is 0 Å². The minimum absolute atomic E-state index is 0.216. The van der Waals surface area contributed by atoms with Crippen LogP contribution in [0.1, 0.15) is 56.2 Å². The van der Waals surface area contributed by atoms with Crippen molar-refractivity contribution in [1.29, 1.82) is 0 Å². The van der Waals surface area contributed by atoms with Crippen LogP contribution in [0.5, 0.6) is 0 Å². The van der Waals surface area contributed by atoms with E-state index in [1.54, 1.807) is 31.2 Å². The molecule has 2 atom stereocenters. The van der Waals surface area contributed by atoms with Gasteiger partial charge in [-0.05, 0) is 50.7 Å². The van der Waals surface area contributed by atoms with E-state index >= 15 is 0 Å². The minimum atomic E-state index is -1.67. The number of hydrogen-bond acceptors (Lipinski definition) is 3. The molecular formula is C24H30O4. The molecule has 1 N–H and O–H groups in total. The molecule has 2 aromatic carbocycles. The summed E-state index contributed by atoms with van der Waals surface area (Å²) in [5.74, 6) is -1.82. The van der Waals surface area contributed by atoms with E-state index in [-0.39, 0.29) is 12.5 Å². The summed E-state index contributed by atoms with van der Waals surface area (Å²) in [6, 6.07) is 17.1. The summed E-state index contributed by atoms with van der Waals surface area (Å²) < 4.78 is 5.49. The average molecular weight is 383 g/mol. The van der Waals surface area contributed by atoms with Gasteiger partial charge in [0.15, 0.2) is 5.41 Å². The lowest BCUT2D eigenvalue weighted by molar-refractivity contribution is -0.165. The van der Waals surface area contributed by atoms with Gasteiger partial charge in [0.05, 0.1) is 6.10 Å². The first-order valence-corrected chi connectivity index (χ1v) is 9.95. The SMILES string of the molecule is CCC(C)OC(=O)C(CCCCc1ccc(C)cc1)(C(=O)O)c1ccccc1. The zero-order valence-electron chi connectivity index (χ0n) is 17.0. The maximum absolute atomic E-state index is 13.0. The van der Waals surface area contributed by atoms with Crippen LogP contribution in [0, 0.1) is 6.92 Å². The molecule has 0 saturated carbocycles. The molecule has 28 heavy (non-hydrogen) atoms. The molecule has 150 valence electrons. The Morgan fingerprint density at radius 1 is 1.04 bits per heavy atom. The molecule has 0 bridgehead atoms. The van der Waals surface area contributed by atoms with Gasteiger partial charge in [0.25, 0.3) is 0 Å². The number of hydrogen-bond donors (Lipinski definition) is 1. The molecule has 0 fully saturated rings. The predicted octanol–water partition coefficient (Wildman–Crippen LogP) is 5.07. The molecule has 0 radical (unpaired) electrons. The molecule has 0 aromatic heterocycles. The third-order valence-electron chi connectivity index (χ3n) is 5.25. The highest BCUT2D eigenvalue weighted by Gasteiger charge is 2.49. The number of carboxylic acids is 1. The van der Waals surface area contributed by atoms with Crippen molar-refractivity contribution < 1.29 is 19.4 Å². The largest absolute Gasteiger partial charge is 0.480 e. The Labute approximate surface area is 167 Å². The van der Waals surface area contributed by atoms with Crippen molar-refractivity contribution in [2.24, 2.45) is 0 Å². The van der Waals surface area contributed by atoms with Gasteiger partial charge in [-0.2, -0.15) is 0 Å². The first kappa shape index (κ1) is 21.7. The lowest BCUT2D eigenvalue weighted by Crippen LogP contribution is -2.46. The summed E-state index contributed by atoms with van der Waals surface area (Å²) in [6.45, 7) is 5.74. The minimum Gasteiger partial charge on any atom is -0.480 e. The predicted molar refractivity (Wildman–Crippen MR) is 110 cm³/mol. The number of rotatable bonds is 10. The van der Waals surface area contributed by atoms with Crippen LogP contribution < -0.4 is 0 Å². The van der Waals surface area contributed by atoms with E-state index < -0.39 is 17.4 Å². The van der Waals surface area contributed by atoms with Crippen LogP contribution in [0.4, 0.5) is 0 Å². The number of unbranched alkanes of at least 4 members (excludes halogenated alkanes) is 1. The highest BCUT2D eigenvalue weighted by molar-refractivity contribution is 6.05. The normalized spacial score (nSPS) is 14.1. The number of aryl methyl sites for hydroxylation is 2. The number of carboxylic acid groups (broad SMARTS) is 1. The van der Waals surface area contributed by atoms with E-state index in [4.69, 9.17) is 4.74 Å². The van der Waals surface area contributed by atoms with Gasteiger partial charge in [0.1, 0.15) is 0 Å². The highest BCUT2D eigenvalue weighted by Crippen LogP contribution is 2.33. The number of ether oxygens (including phenoxy) is 1. The third kappa shape index (κ3) is 5.22. The van der Waals surface area contributed by atoms with Crippen molar-refractivity contribution in [2.45, 2.75) is 64.4 Å². The first-order valence-electron chi connectivity index (χ1n) is 9.95. The number of esters is 1. The molecule has 2 unspecified atom stereocenters. The van der Waals surface area contributed by atoms with Crippen molar-refractivity contribution in [2.75, 3.05) is 0 Å². The Hall–Kier alpha value is -2.62. The summed E-state index contributed by atoms with van der Waals surface area (Å²) in [6.07, 6.45) is 2.82. The van der Waals surface area contributed by atoms with Gasteiger partial charge in [0.2, 0.25) is 0 Å². The number of carbonyl (C=O) groups is 2. The Morgan fingerprint density at radius 2 is 1.68 bits per heavy atom. The molecular weight excluding hydrogens is 352 g/mol. The van der Waals surface area contributed by atoms with Crippen LogP contribution in [0.15, 0.2) is 54.6 Å². The van der Waals surface area contributed by atoms with Crippen LogP contribution in [-0.4, -0.2) is 23.1 Å². The Morgan fingerprint density at radius 3 is 2.25 bits per heavy atom. The molecule has 4 nitrogen and oxygen atoms in total. The van der Waals surface area contributed by atoms with Crippen LogP contribution in [0.25, 0.3) is 0 Å². The van der Waals surface area contributed by atoms with Gasteiger partial charge >= 0.3 is 11.9 Å². The summed E-state index contributed by atoms with van der Waals surface area (Å²) in [7, 11) is 0. The van der Waals surface area contributed by atoms with Gasteiger partial charge in [-0.1, -0.05) is 73.5 Å². The molecule has 2 aromatic rings. The Bertz CT molecular complexity index is 767. The maximum Gasteiger partial charge on any atom is 0.328 e. The molecule has 0 heterocycles. The third-order valence-corrected chi connectivity index (χ3v) is 5.25. The van der Waals surface area contributed by atoms with E-state index in [1.807, 2.05) is 19.9 Å². The number of carbonyl (C=O) groups excluding carboxylic acids is 1. The van der Waals surface area contributed by atoms with E-state index in [0.29, 0.717) is 18.4 Å². The highest BCUT2D eigenvalue weighted by atomic mass is 16.5. The fraction of sp³-hybridized carbons (Fsp3) is 0.417. The van der Waals surface area contributed by atoms with E-state index in [2.05, 4.69) is 24.3 Å². The fourth-order valence-electron chi connectivity index (χ4n) is 3.25. The zero-order chi connectivity index (χ0) is 20.6. The van der Waals surface area contributed by atoms with Crippen LogP contribution >= 0.6 is 0 Å². The monoisotopic (exact) mass is 382 g/mol. The Kier molecular flexibility index (Phi) is 7.80. The van der Waals surface area contributed by atoms with Crippen LogP contribution in [-0.2, 0) is 26.2 Å². The van der Waals surface area contributed by atoms with Gasteiger partial charge < -0.3 is 9.84 Å². The molecule has 0 amide bonds. The second-order valence-corrected chi connectivity index (χ2v) is 7.39. The van der Waals surface area contributed by atoms with E-state index in [9.17, 15) is 14.7 Å². The zero-order valence-corrected chi connectivity index (χ0v) is 17.0. The molecule has 0 aliphatic carbocycles. The number of aliphatic carboxylic acids is 1. The molecule has 0 spiro atoms. The van der Waals surface area contributed by atoms with E-state index in [1.165, 1.54) is 11.1 Å². The standard InChI is InChI=1S/C24H30O4/c1-4-19(3)28-23(27)24(22(25)26,21-11-6-5-7-12-21)17-9-8-10-20-15-13-18(2)14-16-20/h5-7,11-16,19H,4,8-10,17H2,1-3H3,(H,25,26). The lowest BCUT2D eigenvalue weighted by atomic mass is 9.76. The first-order chi connectivity index (χ1) is 13.4. The smallest absolute Gasteiger partial charge is 0.328 e. The second-order valence-electron chi connectivity index (χ2n) is 7.39. The molecule has 0 aliphatic heterocycles. The fourth-order valence-corrected chi connectivity index (χ4v) is 3.25. The molecule has 4 heteroatoms.